The molecule has 0 saturated heterocycles. The average molecular weight is 394 g/mol. The summed E-state index contributed by atoms with van der Waals surface area (Å²) in [4.78, 5) is 16.8. The first-order valence-electron chi connectivity index (χ1n) is 9.12. The highest BCUT2D eigenvalue weighted by atomic mass is 32.1. The maximum absolute atomic E-state index is 4.53. The number of hydrogen-bond acceptors (Lipinski definition) is 5. The zero-order valence-electron chi connectivity index (χ0n) is 15.1. The third-order valence-corrected chi connectivity index (χ3v) is 5.69. The monoisotopic (exact) mass is 394 g/mol. The van der Waals surface area contributed by atoms with Gasteiger partial charge in [-0.1, -0.05) is 6.07 Å². The molecule has 0 unspecified atom stereocenters. The molecule has 0 bridgehead atoms. The number of nitrogens with zero attached hydrogens (tertiary/aromatic N) is 4. The fraction of sp³-hybridized carbons (Fsp3) is 0. The van der Waals surface area contributed by atoms with Crippen molar-refractivity contribution in [3.63, 3.8) is 0 Å². The van der Waals surface area contributed by atoms with E-state index in [0.29, 0.717) is 0 Å². The van der Waals surface area contributed by atoms with Gasteiger partial charge < -0.3 is 4.98 Å². The van der Waals surface area contributed by atoms with Crippen LogP contribution in [0, 0.1) is 0 Å². The second kappa shape index (κ2) is 6.35. The van der Waals surface area contributed by atoms with Crippen LogP contribution in [0.3, 0.4) is 0 Å². The van der Waals surface area contributed by atoms with Gasteiger partial charge in [-0.2, -0.15) is 16.4 Å². The Morgan fingerprint density at radius 1 is 0.897 bits per heavy atom. The van der Waals surface area contributed by atoms with Crippen molar-refractivity contribution in [3.8, 4) is 33.8 Å². The number of pyridine rings is 3. The predicted molar refractivity (Wildman–Crippen MR) is 116 cm³/mol. The smallest absolute Gasteiger partial charge is 0.155 e. The summed E-state index contributed by atoms with van der Waals surface area (Å²) < 4.78 is 0. The number of H-pyrrole nitrogens is 2. The van der Waals surface area contributed by atoms with E-state index in [1.54, 1.807) is 17.5 Å². The number of nitrogens with one attached hydrogen (secondary N) is 2. The number of rotatable bonds is 3. The van der Waals surface area contributed by atoms with Crippen LogP contribution in [0.25, 0.3) is 55.7 Å². The Bertz CT molecular complexity index is 1450. The minimum absolute atomic E-state index is 0.745. The molecule has 6 heterocycles. The lowest BCUT2D eigenvalue weighted by molar-refractivity contribution is 1.10. The molecule has 6 nitrogen and oxygen atoms in total. The van der Waals surface area contributed by atoms with Crippen molar-refractivity contribution in [3.05, 3.63) is 71.9 Å². The van der Waals surface area contributed by atoms with Crippen molar-refractivity contribution in [2.45, 2.75) is 0 Å². The molecular weight excluding hydrogens is 380 g/mol. The van der Waals surface area contributed by atoms with E-state index in [1.165, 1.54) is 5.56 Å². The Morgan fingerprint density at radius 3 is 2.76 bits per heavy atom. The first-order chi connectivity index (χ1) is 14.4. The molecule has 0 fully saturated rings. The second-order valence-electron chi connectivity index (χ2n) is 6.75. The van der Waals surface area contributed by atoms with Crippen molar-refractivity contribution in [2.75, 3.05) is 0 Å². The van der Waals surface area contributed by atoms with E-state index in [2.05, 4.69) is 59.1 Å². The van der Waals surface area contributed by atoms with Crippen molar-refractivity contribution in [1.29, 1.82) is 0 Å². The standard InChI is InChI=1S/C22H14N6S/c1-2-5-24-18(3-1)14-7-16-21(27-28-22(16)25-9-14)19-8-15-17(13-4-6-29-12-13)10-23-11-20(15)26-19/h1-12,26H,(H,25,27,28). The van der Waals surface area contributed by atoms with Gasteiger partial charge in [-0.15, -0.1) is 0 Å². The van der Waals surface area contributed by atoms with Crippen LogP contribution in [-0.2, 0) is 0 Å². The zero-order valence-corrected chi connectivity index (χ0v) is 15.9. The normalized spacial score (nSPS) is 11.4. The quantitative estimate of drug-likeness (QED) is 0.427. The molecule has 138 valence electrons. The summed E-state index contributed by atoms with van der Waals surface area (Å²) in [6, 6.07) is 12.2. The predicted octanol–water partition coefficient (Wildman–Crippen LogP) is 5.29. The number of aromatic amines is 2. The summed E-state index contributed by atoms with van der Waals surface area (Å²) in [5, 5.41) is 13.9. The second-order valence-corrected chi connectivity index (χ2v) is 7.53. The van der Waals surface area contributed by atoms with Gasteiger partial charge in [0.2, 0.25) is 0 Å². The van der Waals surface area contributed by atoms with E-state index in [-0.39, 0.29) is 0 Å². The van der Waals surface area contributed by atoms with Crippen molar-refractivity contribution in [2.24, 2.45) is 0 Å². The first kappa shape index (κ1) is 16.1. The summed E-state index contributed by atoms with van der Waals surface area (Å²) in [6.45, 7) is 0. The van der Waals surface area contributed by atoms with Gasteiger partial charge in [0.05, 0.1) is 23.1 Å². The molecule has 2 N–H and O–H groups in total. The highest BCUT2D eigenvalue weighted by Gasteiger charge is 2.15. The van der Waals surface area contributed by atoms with E-state index in [4.69, 9.17) is 0 Å². The SMILES string of the molecule is c1ccc(-c2cnc3[nH]nc(-c4cc5c(-c6ccsc6)cncc5[nH]4)c3c2)nc1. The van der Waals surface area contributed by atoms with Crippen LogP contribution in [0.5, 0.6) is 0 Å². The van der Waals surface area contributed by atoms with E-state index in [9.17, 15) is 0 Å². The molecule has 7 heteroatoms. The fourth-order valence-corrected chi connectivity index (χ4v) is 4.26. The zero-order chi connectivity index (χ0) is 19.2. The molecule has 0 aliphatic heterocycles. The Hall–Kier alpha value is -3.84. The van der Waals surface area contributed by atoms with E-state index >= 15 is 0 Å². The topological polar surface area (TPSA) is 83.1 Å². The van der Waals surface area contributed by atoms with Crippen LogP contribution in [-0.4, -0.2) is 30.1 Å². The fourth-order valence-electron chi connectivity index (χ4n) is 3.61. The highest BCUT2D eigenvalue weighted by Crippen LogP contribution is 2.34. The summed E-state index contributed by atoms with van der Waals surface area (Å²) in [7, 11) is 0. The van der Waals surface area contributed by atoms with Gasteiger partial charge in [-0.25, -0.2) is 4.98 Å². The number of aromatic nitrogens is 6. The largest absolute Gasteiger partial charge is 0.352 e. The van der Waals surface area contributed by atoms with Gasteiger partial charge in [0.1, 0.15) is 5.69 Å². The van der Waals surface area contributed by atoms with Gasteiger partial charge in [0.25, 0.3) is 0 Å². The lowest BCUT2D eigenvalue weighted by Gasteiger charge is -2.00. The first-order valence-corrected chi connectivity index (χ1v) is 10.1. The van der Waals surface area contributed by atoms with E-state index in [0.717, 1.165) is 50.1 Å². The molecule has 6 rings (SSSR count). The van der Waals surface area contributed by atoms with Crippen LogP contribution in [0.1, 0.15) is 0 Å². The minimum Gasteiger partial charge on any atom is -0.352 e. The summed E-state index contributed by atoms with van der Waals surface area (Å²) in [5.41, 5.74) is 7.60. The average Bonchev–Trinajstić information content (AvgIpc) is 3.52. The molecule has 0 amide bonds. The van der Waals surface area contributed by atoms with Crippen molar-refractivity contribution in [1.82, 2.24) is 30.1 Å². The Labute approximate surface area is 169 Å². The number of fused-ring (bicyclic) bond motifs is 2. The molecule has 0 spiro atoms. The van der Waals surface area contributed by atoms with Crippen molar-refractivity contribution >= 4 is 33.3 Å². The molecule has 0 atom stereocenters. The molecular formula is C22H14N6S. The van der Waals surface area contributed by atoms with Gasteiger partial charge in [0.15, 0.2) is 5.65 Å². The Balaban J connectivity index is 1.53. The van der Waals surface area contributed by atoms with Gasteiger partial charge >= 0.3 is 0 Å². The highest BCUT2D eigenvalue weighted by molar-refractivity contribution is 7.08. The summed E-state index contributed by atoms with van der Waals surface area (Å²) >= 11 is 1.68. The molecule has 6 aromatic heterocycles. The maximum Gasteiger partial charge on any atom is 0.155 e. The lowest BCUT2D eigenvalue weighted by Crippen LogP contribution is -1.85. The van der Waals surface area contributed by atoms with Gasteiger partial charge in [-0.3, -0.25) is 15.1 Å². The molecule has 0 radical (unpaired) electrons. The van der Waals surface area contributed by atoms with Gasteiger partial charge in [-0.05, 0) is 46.7 Å². The maximum atomic E-state index is 4.53. The molecule has 0 aliphatic rings. The van der Waals surface area contributed by atoms with Crippen LogP contribution >= 0.6 is 11.3 Å². The summed E-state index contributed by atoms with van der Waals surface area (Å²) in [6.07, 6.45) is 7.36. The molecule has 0 aromatic carbocycles. The third-order valence-electron chi connectivity index (χ3n) is 5.01. The molecule has 0 aliphatic carbocycles. The van der Waals surface area contributed by atoms with Crippen molar-refractivity contribution < 1.29 is 0 Å². The van der Waals surface area contributed by atoms with Crippen LogP contribution in [0.4, 0.5) is 0 Å². The van der Waals surface area contributed by atoms with E-state index in [1.807, 2.05) is 36.8 Å². The van der Waals surface area contributed by atoms with Crippen LogP contribution in [0.15, 0.2) is 71.9 Å². The number of hydrogen-bond donors (Lipinski definition) is 2. The lowest BCUT2D eigenvalue weighted by atomic mass is 10.1. The van der Waals surface area contributed by atoms with E-state index < -0.39 is 0 Å². The molecule has 29 heavy (non-hydrogen) atoms. The molecule has 0 saturated carbocycles. The number of thiophene rings is 1. The van der Waals surface area contributed by atoms with Gasteiger partial charge in [0, 0.05) is 40.5 Å². The van der Waals surface area contributed by atoms with Crippen LogP contribution in [0.2, 0.25) is 0 Å². The third kappa shape index (κ3) is 2.63. The minimum atomic E-state index is 0.745. The Morgan fingerprint density at radius 2 is 1.90 bits per heavy atom. The summed E-state index contributed by atoms with van der Waals surface area (Å²) in [5.74, 6) is 0. The Kier molecular flexibility index (Phi) is 3.54. The molecule has 6 aromatic rings. The van der Waals surface area contributed by atoms with Crippen LogP contribution < -0.4 is 0 Å².